The number of benzene rings is 2. The van der Waals surface area contributed by atoms with Crippen LogP contribution < -0.4 is 14.8 Å². The molecule has 168 valence electrons. The lowest BCUT2D eigenvalue weighted by atomic mass is 10.1. The molecule has 0 fully saturated rings. The number of rotatable bonds is 11. The molecule has 1 amide bonds. The zero-order chi connectivity index (χ0) is 22.9. The molecule has 0 unspecified atom stereocenters. The maximum absolute atomic E-state index is 12.8. The molecule has 1 N–H and O–H groups in total. The molecule has 32 heavy (non-hydrogen) atoms. The van der Waals surface area contributed by atoms with E-state index < -0.39 is 10.8 Å². The standard InChI is InChI=1S/C22H23N3O6S/c1-3-30-11-16-7-5-4-6-15(16)10-23-22(26)18-8-20(29-2)21(9-19(18)25(27)28)31-12-17-13-32-14-24-17/h4-9,13-14H,3,10-12H2,1-2H3,(H,23,26). The number of methoxy groups -OCH3 is 1. The average molecular weight is 458 g/mol. The Kier molecular flexibility index (Phi) is 8.12. The fourth-order valence-corrected chi connectivity index (χ4v) is 3.51. The number of nitro groups is 1. The summed E-state index contributed by atoms with van der Waals surface area (Å²) >= 11 is 1.42. The number of thiazole rings is 1. The number of ether oxygens (including phenoxy) is 3. The lowest BCUT2D eigenvalue weighted by Crippen LogP contribution is -2.24. The van der Waals surface area contributed by atoms with E-state index in [4.69, 9.17) is 14.2 Å². The van der Waals surface area contributed by atoms with Gasteiger partial charge < -0.3 is 19.5 Å². The summed E-state index contributed by atoms with van der Waals surface area (Å²) in [6, 6.07) is 10.0. The highest BCUT2D eigenvalue weighted by Crippen LogP contribution is 2.35. The normalized spacial score (nSPS) is 10.6. The lowest BCUT2D eigenvalue weighted by Gasteiger charge is -2.13. The van der Waals surface area contributed by atoms with Gasteiger partial charge in [-0.2, -0.15) is 0 Å². The minimum absolute atomic E-state index is 0.116. The fourth-order valence-electron chi connectivity index (χ4n) is 2.97. The molecule has 0 radical (unpaired) electrons. The Labute approximate surface area is 189 Å². The van der Waals surface area contributed by atoms with E-state index >= 15 is 0 Å². The van der Waals surface area contributed by atoms with Crippen LogP contribution in [0.3, 0.4) is 0 Å². The van der Waals surface area contributed by atoms with Gasteiger partial charge in [-0.3, -0.25) is 14.9 Å². The van der Waals surface area contributed by atoms with Crippen molar-refractivity contribution in [2.75, 3.05) is 13.7 Å². The van der Waals surface area contributed by atoms with Crippen LogP contribution >= 0.6 is 11.3 Å². The van der Waals surface area contributed by atoms with Crippen LogP contribution in [-0.4, -0.2) is 29.5 Å². The van der Waals surface area contributed by atoms with E-state index in [1.54, 1.807) is 5.51 Å². The second-order valence-corrected chi connectivity index (χ2v) is 7.35. The molecule has 2 aromatic carbocycles. The van der Waals surface area contributed by atoms with Gasteiger partial charge in [0, 0.05) is 24.6 Å². The predicted octanol–water partition coefficient (Wildman–Crippen LogP) is 4.11. The zero-order valence-electron chi connectivity index (χ0n) is 17.7. The number of carbonyl (C=O) groups excluding carboxylic acids is 1. The zero-order valence-corrected chi connectivity index (χ0v) is 18.5. The number of hydrogen-bond acceptors (Lipinski definition) is 8. The number of aromatic nitrogens is 1. The van der Waals surface area contributed by atoms with Crippen LogP contribution in [0.2, 0.25) is 0 Å². The summed E-state index contributed by atoms with van der Waals surface area (Å²) in [6.45, 7) is 3.22. The maximum atomic E-state index is 12.8. The van der Waals surface area contributed by atoms with Crippen LogP contribution in [-0.2, 0) is 24.5 Å². The van der Waals surface area contributed by atoms with Gasteiger partial charge in [0.15, 0.2) is 11.5 Å². The molecule has 1 heterocycles. The van der Waals surface area contributed by atoms with E-state index in [9.17, 15) is 14.9 Å². The molecule has 3 rings (SSSR count). The number of amides is 1. The Morgan fingerprint density at radius 1 is 1.19 bits per heavy atom. The Morgan fingerprint density at radius 2 is 1.97 bits per heavy atom. The van der Waals surface area contributed by atoms with E-state index in [1.807, 2.05) is 36.6 Å². The van der Waals surface area contributed by atoms with Gasteiger partial charge in [0.1, 0.15) is 12.2 Å². The van der Waals surface area contributed by atoms with Crippen molar-refractivity contribution in [2.45, 2.75) is 26.7 Å². The maximum Gasteiger partial charge on any atom is 0.286 e. The molecule has 0 bridgehead atoms. The van der Waals surface area contributed by atoms with Gasteiger partial charge in [-0.25, -0.2) is 4.98 Å². The molecule has 1 aromatic heterocycles. The van der Waals surface area contributed by atoms with Crippen LogP contribution in [0.15, 0.2) is 47.3 Å². The fraction of sp³-hybridized carbons (Fsp3) is 0.273. The van der Waals surface area contributed by atoms with E-state index in [1.165, 1.54) is 30.6 Å². The molecule has 0 aliphatic heterocycles. The van der Waals surface area contributed by atoms with E-state index in [0.717, 1.165) is 11.1 Å². The first-order valence-corrected chi connectivity index (χ1v) is 10.8. The highest BCUT2D eigenvalue weighted by Gasteiger charge is 2.25. The molecular formula is C22H23N3O6S. The van der Waals surface area contributed by atoms with Crippen molar-refractivity contribution in [2.24, 2.45) is 0 Å². The third-order valence-corrected chi connectivity index (χ3v) is 5.24. The largest absolute Gasteiger partial charge is 0.493 e. The smallest absolute Gasteiger partial charge is 0.286 e. The summed E-state index contributed by atoms with van der Waals surface area (Å²) in [6.07, 6.45) is 0. The minimum Gasteiger partial charge on any atom is -0.493 e. The van der Waals surface area contributed by atoms with Gasteiger partial charge in [0.25, 0.3) is 11.6 Å². The monoisotopic (exact) mass is 457 g/mol. The first kappa shape index (κ1) is 23.2. The first-order valence-electron chi connectivity index (χ1n) is 9.82. The number of hydrogen-bond donors (Lipinski definition) is 1. The first-order chi connectivity index (χ1) is 15.5. The highest BCUT2D eigenvalue weighted by atomic mass is 32.1. The van der Waals surface area contributed by atoms with Crippen LogP contribution in [0.4, 0.5) is 5.69 Å². The van der Waals surface area contributed by atoms with Crippen LogP contribution in [0.25, 0.3) is 0 Å². The Balaban J connectivity index is 1.80. The van der Waals surface area contributed by atoms with Crippen LogP contribution in [0, 0.1) is 10.1 Å². The number of carbonyl (C=O) groups is 1. The third-order valence-electron chi connectivity index (χ3n) is 4.60. The summed E-state index contributed by atoms with van der Waals surface area (Å²) in [5, 5.41) is 16.2. The van der Waals surface area contributed by atoms with Crippen molar-refractivity contribution < 1.29 is 23.9 Å². The summed E-state index contributed by atoms with van der Waals surface area (Å²) in [5.41, 5.74) is 3.67. The van der Waals surface area contributed by atoms with Crippen molar-refractivity contribution in [1.29, 1.82) is 0 Å². The second kappa shape index (κ2) is 11.2. The SMILES string of the molecule is CCOCc1ccccc1CNC(=O)c1cc(OC)c(OCc2cscn2)cc1[N+](=O)[O-]. The quantitative estimate of drug-likeness (QED) is 0.341. The second-order valence-electron chi connectivity index (χ2n) is 6.63. The Hall–Kier alpha value is -3.50. The summed E-state index contributed by atoms with van der Waals surface area (Å²) in [7, 11) is 1.41. The summed E-state index contributed by atoms with van der Waals surface area (Å²) < 4.78 is 16.4. The summed E-state index contributed by atoms with van der Waals surface area (Å²) in [4.78, 5) is 28.0. The van der Waals surface area contributed by atoms with Gasteiger partial charge in [0.2, 0.25) is 0 Å². The number of nitrogens with one attached hydrogen (secondary N) is 1. The molecule has 0 spiro atoms. The molecule has 0 saturated heterocycles. The van der Waals surface area contributed by atoms with E-state index in [0.29, 0.717) is 18.9 Å². The Bertz CT molecular complexity index is 1070. The molecule has 0 atom stereocenters. The summed E-state index contributed by atoms with van der Waals surface area (Å²) in [5.74, 6) is -0.217. The van der Waals surface area contributed by atoms with Crippen molar-refractivity contribution >= 4 is 22.9 Å². The topological polar surface area (TPSA) is 113 Å². The molecule has 0 aliphatic rings. The highest BCUT2D eigenvalue weighted by molar-refractivity contribution is 7.07. The predicted molar refractivity (Wildman–Crippen MR) is 119 cm³/mol. The Morgan fingerprint density at radius 3 is 2.62 bits per heavy atom. The number of nitrogens with zero attached hydrogens (tertiary/aromatic N) is 2. The van der Waals surface area contributed by atoms with Crippen LogP contribution in [0.1, 0.15) is 34.1 Å². The van der Waals surface area contributed by atoms with Gasteiger partial charge in [-0.15, -0.1) is 11.3 Å². The van der Waals surface area contributed by atoms with E-state index in [-0.39, 0.29) is 35.9 Å². The van der Waals surface area contributed by atoms with Crippen molar-refractivity contribution in [1.82, 2.24) is 10.3 Å². The molecular weight excluding hydrogens is 434 g/mol. The molecule has 3 aromatic rings. The minimum atomic E-state index is -0.618. The van der Waals surface area contributed by atoms with Crippen LogP contribution in [0.5, 0.6) is 11.5 Å². The molecule has 9 nitrogen and oxygen atoms in total. The molecule has 0 saturated carbocycles. The van der Waals surface area contributed by atoms with Gasteiger partial charge in [0.05, 0.1) is 35.9 Å². The third kappa shape index (κ3) is 5.80. The average Bonchev–Trinajstić information content (AvgIpc) is 3.33. The van der Waals surface area contributed by atoms with Gasteiger partial charge in [-0.05, 0) is 18.1 Å². The molecule has 0 aliphatic carbocycles. The lowest BCUT2D eigenvalue weighted by molar-refractivity contribution is -0.385. The molecule has 10 heteroatoms. The van der Waals surface area contributed by atoms with Crippen molar-refractivity contribution in [3.63, 3.8) is 0 Å². The van der Waals surface area contributed by atoms with E-state index in [2.05, 4.69) is 10.3 Å². The van der Waals surface area contributed by atoms with Crippen molar-refractivity contribution in [3.8, 4) is 11.5 Å². The van der Waals surface area contributed by atoms with Crippen molar-refractivity contribution in [3.05, 3.63) is 79.8 Å². The van der Waals surface area contributed by atoms with Gasteiger partial charge in [-0.1, -0.05) is 24.3 Å². The number of nitro benzene ring substituents is 1. The van der Waals surface area contributed by atoms with Gasteiger partial charge >= 0.3 is 0 Å².